The molecule has 21 heavy (non-hydrogen) atoms. The summed E-state index contributed by atoms with van der Waals surface area (Å²) in [6.45, 7) is 5.65. The van der Waals surface area contributed by atoms with Crippen molar-refractivity contribution in [2.45, 2.75) is 70.2 Å². The molecule has 1 fully saturated rings. The molecule has 0 radical (unpaired) electrons. The molecule has 2 N–H and O–H groups in total. The van der Waals surface area contributed by atoms with Crippen molar-refractivity contribution in [3.05, 3.63) is 21.9 Å². The highest BCUT2D eigenvalue weighted by atomic mass is 32.1. The standard InChI is InChI=1S/C16H24N2O2S/c1-16(2,3)20-15(19)18-13-9-12(13)17-11-5-4-6-14-10(11)7-8-21-14/h7-8,11-13,17H,4-6,9H2,1-3H3,(H,18,19). The summed E-state index contributed by atoms with van der Waals surface area (Å²) in [6.07, 6.45) is 4.35. The number of ether oxygens (including phenoxy) is 1. The van der Waals surface area contributed by atoms with Gasteiger partial charge in [0.05, 0.1) is 0 Å². The van der Waals surface area contributed by atoms with E-state index in [-0.39, 0.29) is 12.1 Å². The van der Waals surface area contributed by atoms with E-state index in [4.69, 9.17) is 4.74 Å². The Balaban J connectivity index is 1.48. The molecule has 3 rings (SSSR count). The summed E-state index contributed by atoms with van der Waals surface area (Å²) in [6, 6.07) is 3.29. The van der Waals surface area contributed by atoms with E-state index in [1.807, 2.05) is 32.1 Å². The van der Waals surface area contributed by atoms with Crippen molar-refractivity contribution in [3.63, 3.8) is 0 Å². The van der Waals surface area contributed by atoms with Crippen LogP contribution in [0.2, 0.25) is 0 Å². The van der Waals surface area contributed by atoms with Crippen LogP contribution in [-0.2, 0) is 11.2 Å². The van der Waals surface area contributed by atoms with Crippen molar-refractivity contribution in [2.24, 2.45) is 0 Å². The molecule has 0 aliphatic heterocycles. The number of rotatable bonds is 3. The zero-order valence-corrected chi connectivity index (χ0v) is 13.8. The Hall–Kier alpha value is -1.07. The fourth-order valence-corrected chi connectivity index (χ4v) is 3.90. The Morgan fingerprint density at radius 1 is 1.38 bits per heavy atom. The number of carbonyl (C=O) groups is 1. The summed E-state index contributed by atoms with van der Waals surface area (Å²) in [5.74, 6) is 0. The highest BCUT2D eigenvalue weighted by molar-refractivity contribution is 7.10. The average molecular weight is 308 g/mol. The van der Waals surface area contributed by atoms with Gasteiger partial charge < -0.3 is 15.4 Å². The number of hydrogen-bond acceptors (Lipinski definition) is 4. The summed E-state index contributed by atoms with van der Waals surface area (Å²) in [4.78, 5) is 13.3. The van der Waals surface area contributed by atoms with Crippen LogP contribution < -0.4 is 10.6 Å². The Morgan fingerprint density at radius 2 is 2.19 bits per heavy atom. The molecule has 116 valence electrons. The molecule has 2 aliphatic rings. The van der Waals surface area contributed by atoms with Crippen molar-refractivity contribution < 1.29 is 9.53 Å². The first-order valence-electron chi connectivity index (χ1n) is 7.74. The Kier molecular flexibility index (Phi) is 3.97. The Bertz CT molecular complexity index is 521. The van der Waals surface area contributed by atoms with Gasteiger partial charge in [0.1, 0.15) is 5.60 Å². The van der Waals surface area contributed by atoms with E-state index in [9.17, 15) is 4.79 Å². The maximum atomic E-state index is 11.7. The maximum absolute atomic E-state index is 11.7. The molecule has 1 heterocycles. The van der Waals surface area contributed by atoms with Gasteiger partial charge in [0, 0.05) is 23.0 Å². The molecule has 2 aliphatic carbocycles. The summed E-state index contributed by atoms with van der Waals surface area (Å²) < 4.78 is 5.29. The van der Waals surface area contributed by atoms with Gasteiger partial charge >= 0.3 is 6.09 Å². The van der Waals surface area contributed by atoms with Crippen molar-refractivity contribution in [1.82, 2.24) is 10.6 Å². The van der Waals surface area contributed by atoms with E-state index in [0.717, 1.165) is 6.42 Å². The van der Waals surface area contributed by atoms with Crippen LogP contribution in [0.1, 0.15) is 56.5 Å². The van der Waals surface area contributed by atoms with Crippen LogP contribution in [0, 0.1) is 0 Å². The lowest BCUT2D eigenvalue weighted by molar-refractivity contribution is 0.0521. The van der Waals surface area contributed by atoms with Crippen molar-refractivity contribution in [2.75, 3.05) is 0 Å². The lowest BCUT2D eigenvalue weighted by Crippen LogP contribution is -2.37. The lowest BCUT2D eigenvalue weighted by Gasteiger charge is -2.24. The van der Waals surface area contributed by atoms with Gasteiger partial charge in [-0.1, -0.05) is 0 Å². The first-order chi connectivity index (χ1) is 9.92. The van der Waals surface area contributed by atoms with Crippen molar-refractivity contribution in [3.8, 4) is 0 Å². The van der Waals surface area contributed by atoms with Crippen molar-refractivity contribution in [1.29, 1.82) is 0 Å². The van der Waals surface area contributed by atoms with Gasteiger partial charge in [-0.2, -0.15) is 0 Å². The first-order valence-corrected chi connectivity index (χ1v) is 8.62. The predicted octanol–water partition coefficient (Wildman–Crippen LogP) is 3.38. The molecule has 4 nitrogen and oxygen atoms in total. The van der Waals surface area contributed by atoms with Crippen LogP contribution in [0.25, 0.3) is 0 Å². The highest BCUT2D eigenvalue weighted by Gasteiger charge is 2.41. The fourth-order valence-electron chi connectivity index (χ4n) is 2.92. The molecule has 0 bridgehead atoms. The fraction of sp³-hybridized carbons (Fsp3) is 0.688. The van der Waals surface area contributed by atoms with Crippen LogP contribution in [0.4, 0.5) is 4.79 Å². The summed E-state index contributed by atoms with van der Waals surface area (Å²) in [7, 11) is 0. The van der Waals surface area contributed by atoms with E-state index in [1.54, 1.807) is 0 Å². The van der Waals surface area contributed by atoms with Gasteiger partial charge in [-0.3, -0.25) is 0 Å². The smallest absolute Gasteiger partial charge is 0.407 e. The lowest BCUT2D eigenvalue weighted by atomic mass is 9.94. The number of alkyl carbamates (subject to hydrolysis) is 1. The van der Waals surface area contributed by atoms with Gasteiger partial charge in [-0.25, -0.2) is 4.79 Å². The highest BCUT2D eigenvalue weighted by Crippen LogP contribution is 2.36. The average Bonchev–Trinajstić information content (AvgIpc) is 2.89. The second-order valence-corrected chi connectivity index (χ2v) is 8.01. The third kappa shape index (κ3) is 3.77. The molecule has 0 saturated heterocycles. The number of aryl methyl sites for hydroxylation is 1. The van der Waals surface area contributed by atoms with E-state index < -0.39 is 5.60 Å². The minimum Gasteiger partial charge on any atom is -0.444 e. The van der Waals surface area contributed by atoms with Crippen LogP contribution in [-0.4, -0.2) is 23.8 Å². The number of thiophene rings is 1. The summed E-state index contributed by atoms with van der Waals surface area (Å²) >= 11 is 1.86. The van der Waals surface area contributed by atoms with E-state index in [0.29, 0.717) is 12.1 Å². The number of carbonyl (C=O) groups excluding carboxylic acids is 1. The van der Waals surface area contributed by atoms with Gasteiger partial charge in [0.2, 0.25) is 0 Å². The van der Waals surface area contributed by atoms with E-state index in [1.165, 1.54) is 29.7 Å². The number of hydrogen-bond donors (Lipinski definition) is 2. The molecular weight excluding hydrogens is 284 g/mol. The third-order valence-electron chi connectivity index (χ3n) is 3.96. The zero-order valence-electron chi connectivity index (χ0n) is 12.9. The quantitative estimate of drug-likeness (QED) is 0.900. The van der Waals surface area contributed by atoms with Crippen LogP contribution in [0.3, 0.4) is 0 Å². The SMILES string of the molecule is CC(C)(C)OC(=O)NC1CC1NC1CCCc2sccc21. The number of nitrogens with one attached hydrogen (secondary N) is 2. The van der Waals surface area contributed by atoms with Gasteiger partial charge in [-0.05, 0) is 63.5 Å². The third-order valence-corrected chi connectivity index (χ3v) is 4.96. The minimum atomic E-state index is -0.434. The largest absolute Gasteiger partial charge is 0.444 e. The molecule has 1 saturated carbocycles. The molecular formula is C16H24N2O2S. The maximum Gasteiger partial charge on any atom is 0.407 e. The van der Waals surface area contributed by atoms with Crippen LogP contribution in [0.5, 0.6) is 0 Å². The van der Waals surface area contributed by atoms with E-state index >= 15 is 0 Å². The molecule has 3 atom stereocenters. The number of amides is 1. The minimum absolute atomic E-state index is 0.212. The molecule has 1 aromatic rings. The first kappa shape index (κ1) is 14.9. The molecule has 5 heteroatoms. The van der Waals surface area contributed by atoms with Gasteiger partial charge in [-0.15, -0.1) is 11.3 Å². The monoisotopic (exact) mass is 308 g/mol. The van der Waals surface area contributed by atoms with Crippen LogP contribution >= 0.6 is 11.3 Å². The zero-order chi connectivity index (χ0) is 15.0. The second kappa shape index (κ2) is 5.61. The predicted molar refractivity (Wildman–Crippen MR) is 84.7 cm³/mol. The van der Waals surface area contributed by atoms with Gasteiger partial charge in [0.15, 0.2) is 0 Å². The van der Waals surface area contributed by atoms with Gasteiger partial charge in [0.25, 0.3) is 0 Å². The molecule has 1 aromatic heterocycles. The molecule has 0 spiro atoms. The van der Waals surface area contributed by atoms with E-state index in [2.05, 4.69) is 22.1 Å². The molecule has 0 aromatic carbocycles. The molecule has 3 unspecified atom stereocenters. The topological polar surface area (TPSA) is 50.4 Å². The number of fused-ring (bicyclic) bond motifs is 1. The Labute approximate surface area is 130 Å². The Morgan fingerprint density at radius 3 is 2.95 bits per heavy atom. The summed E-state index contributed by atoms with van der Waals surface area (Å²) in [5.41, 5.74) is 1.03. The van der Waals surface area contributed by atoms with Crippen LogP contribution in [0.15, 0.2) is 11.4 Å². The molecule has 1 amide bonds. The second-order valence-electron chi connectivity index (χ2n) is 7.01. The normalized spacial score (nSPS) is 27.9. The van der Waals surface area contributed by atoms with Crippen molar-refractivity contribution >= 4 is 17.4 Å². The summed E-state index contributed by atoms with van der Waals surface area (Å²) in [5, 5.41) is 8.83.